The van der Waals surface area contributed by atoms with Gasteiger partial charge in [-0.15, -0.1) is 11.6 Å². The van der Waals surface area contributed by atoms with Crippen molar-refractivity contribution in [1.82, 2.24) is 4.90 Å². The van der Waals surface area contributed by atoms with E-state index in [-0.39, 0.29) is 0 Å². The number of halogens is 1. The molecule has 0 radical (unpaired) electrons. The van der Waals surface area contributed by atoms with E-state index in [9.17, 15) is 0 Å². The lowest BCUT2D eigenvalue weighted by molar-refractivity contribution is 0.174. The van der Waals surface area contributed by atoms with Crippen molar-refractivity contribution in [1.29, 1.82) is 0 Å². The SMILES string of the molecule is ClCCN1CCN(c2ccc3c(c2)OCO3)CC1. The number of nitrogens with zero attached hydrogens (tertiary/aromatic N) is 2. The molecule has 2 aliphatic rings. The fourth-order valence-corrected chi connectivity index (χ4v) is 2.67. The number of benzene rings is 1. The van der Waals surface area contributed by atoms with E-state index in [1.807, 2.05) is 6.07 Å². The van der Waals surface area contributed by atoms with E-state index in [0.717, 1.165) is 44.2 Å². The van der Waals surface area contributed by atoms with Crippen LogP contribution in [0, 0.1) is 0 Å². The van der Waals surface area contributed by atoms with E-state index in [1.54, 1.807) is 0 Å². The highest BCUT2D eigenvalue weighted by Crippen LogP contribution is 2.35. The molecule has 1 aromatic carbocycles. The van der Waals surface area contributed by atoms with Crippen molar-refractivity contribution in [3.8, 4) is 11.5 Å². The molecular formula is C13H17ClN2O2. The summed E-state index contributed by atoms with van der Waals surface area (Å²) >= 11 is 5.77. The van der Waals surface area contributed by atoms with Gasteiger partial charge in [0.05, 0.1) is 0 Å². The highest BCUT2D eigenvalue weighted by Gasteiger charge is 2.19. The normalized spacial score (nSPS) is 19.3. The monoisotopic (exact) mass is 268 g/mol. The first-order valence-electron chi connectivity index (χ1n) is 6.30. The van der Waals surface area contributed by atoms with E-state index in [0.29, 0.717) is 12.7 Å². The van der Waals surface area contributed by atoms with Gasteiger partial charge in [-0.25, -0.2) is 0 Å². The summed E-state index contributed by atoms with van der Waals surface area (Å²) in [4.78, 5) is 4.78. The van der Waals surface area contributed by atoms with Crippen LogP contribution in [0.5, 0.6) is 11.5 Å². The zero-order valence-corrected chi connectivity index (χ0v) is 11.0. The number of piperazine rings is 1. The lowest BCUT2D eigenvalue weighted by Gasteiger charge is -2.35. The van der Waals surface area contributed by atoms with Crippen molar-refractivity contribution in [2.75, 3.05) is 50.3 Å². The molecule has 4 nitrogen and oxygen atoms in total. The molecule has 0 aliphatic carbocycles. The Hall–Kier alpha value is -1.13. The summed E-state index contributed by atoms with van der Waals surface area (Å²) in [6, 6.07) is 6.16. The van der Waals surface area contributed by atoms with Crippen LogP contribution in [0.4, 0.5) is 5.69 Å². The first kappa shape index (κ1) is 11.9. The lowest BCUT2D eigenvalue weighted by atomic mass is 10.2. The minimum Gasteiger partial charge on any atom is -0.454 e. The van der Waals surface area contributed by atoms with Gasteiger partial charge in [-0.3, -0.25) is 4.90 Å². The minimum absolute atomic E-state index is 0.336. The summed E-state index contributed by atoms with van der Waals surface area (Å²) in [5.74, 6) is 2.42. The van der Waals surface area contributed by atoms with Gasteiger partial charge in [0.2, 0.25) is 6.79 Å². The molecule has 1 fully saturated rings. The zero-order chi connectivity index (χ0) is 12.4. The van der Waals surface area contributed by atoms with Crippen molar-refractivity contribution in [3.05, 3.63) is 18.2 Å². The van der Waals surface area contributed by atoms with Crippen LogP contribution in [0.2, 0.25) is 0 Å². The first-order chi connectivity index (χ1) is 8.86. The molecule has 98 valence electrons. The Morgan fingerprint density at radius 3 is 2.61 bits per heavy atom. The molecule has 2 heterocycles. The largest absolute Gasteiger partial charge is 0.454 e. The summed E-state index contributed by atoms with van der Waals surface area (Å²) in [7, 11) is 0. The molecule has 0 aromatic heterocycles. The third-order valence-corrected chi connectivity index (χ3v) is 3.66. The topological polar surface area (TPSA) is 24.9 Å². The number of alkyl halides is 1. The van der Waals surface area contributed by atoms with Crippen LogP contribution in [0.3, 0.4) is 0 Å². The van der Waals surface area contributed by atoms with Gasteiger partial charge in [-0.05, 0) is 12.1 Å². The Morgan fingerprint density at radius 2 is 1.83 bits per heavy atom. The van der Waals surface area contributed by atoms with E-state index in [1.165, 1.54) is 5.69 Å². The van der Waals surface area contributed by atoms with E-state index >= 15 is 0 Å². The van der Waals surface area contributed by atoms with Crippen LogP contribution in [0.1, 0.15) is 0 Å². The molecule has 0 unspecified atom stereocenters. The first-order valence-corrected chi connectivity index (χ1v) is 6.83. The van der Waals surface area contributed by atoms with Crippen LogP contribution in [-0.2, 0) is 0 Å². The second kappa shape index (κ2) is 5.24. The summed E-state index contributed by atoms with van der Waals surface area (Å²) in [5.41, 5.74) is 1.21. The quantitative estimate of drug-likeness (QED) is 0.780. The molecule has 3 rings (SSSR count). The van der Waals surface area contributed by atoms with E-state index in [4.69, 9.17) is 21.1 Å². The Morgan fingerprint density at radius 1 is 1.06 bits per heavy atom. The van der Waals surface area contributed by atoms with Gasteiger partial charge in [0, 0.05) is 50.4 Å². The summed E-state index contributed by atoms with van der Waals surface area (Å²) in [6.45, 7) is 5.54. The van der Waals surface area contributed by atoms with Crippen molar-refractivity contribution in [3.63, 3.8) is 0 Å². The fourth-order valence-electron chi connectivity index (χ4n) is 2.43. The molecule has 0 spiro atoms. The fraction of sp³-hybridized carbons (Fsp3) is 0.538. The molecule has 0 atom stereocenters. The lowest BCUT2D eigenvalue weighted by Crippen LogP contribution is -2.46. The molecular weight excluding hydrogens is 252 g/mol. The third kappa shape index (κ3) is 2.35. The number of hydrogen-bond donors (Lipinski definition) is 0. The van der Waals surface area contributed by atoms with Crippen LogP contribution in [0.25, 0.3) is 0 Å². The van der Waals surface area contributed by atoms with Crippen LogP contribution < -0.4 is 14.4 Å². The Labute approximate surface area is 112 Å². The number of fused-ring (bicyclic) bond motifs is 1. The van der Waals surface area contributed by atoms with E-state index < -0.39 is 0 Å². The Balaban J connectivity index is 1.66. The standard InChI is InChI=1S/C13H17ClN2O2/c14-3-4-15-5-7-16(8-6-15)11-1-2-12-13(9-11)18-10-17-12/h1-2,9H,3-8,10H2. The summed E-state index contributed by atoms with van der Waals surface area (Å²) in [5, 5.41) is 0. The van der Waals surface area contributed by atoms with Gasteiger partial charge < -0.3 is 14.4 Å². The second-order valence-electron chi connectivity index (χ2n) is 4.56. The molecule has 18 heavy (non-hydrogen) atoms. The predicted octanol–water partition coefficient (Wildman–Crippen LogP) is 1.78. The highest BCUT2D eigenvalue weighted by atomic mass is 35.5. The average molecular weight is 269 g/mol. The molecule has 0 saturated carbocycles. The van der Waals surface area contributed by atoms with Gasteiger partial charge in [0.15, 0.2) is 11.5 Å². The van der Waals surface area contributed by atoms with Gasteiger partial charge >= 0.3 is 0 Å². The van der Waals surface area contributed by atoms with Crippen molar-refractivity contribution < 1.29 is 9.47 Å². The second-order valence-corrected chi connectivity index (χ2v) is 4.93. The molecule has 1 aromatic rings. The van der Waals surface area contributed by atoms with Crippen molar-refractivity contribution in [2.24, 2.45) is 0 Å². The maximum atomic E-state index is 5.77. The van der Waals surface area contributed by atoms with Gasteiger partial charge in [0.25, 0.3) is 0 Å². The minimum atomic E-state index is 0.336. The van der Waals surface area contributed by atoms with Crippen LogP contribution >= 0.6 is 11.6 Å². The molecule has 0 N–H and O–H groups in total. The number of anilines is 1. The van der Waals surface area contributed by atoms with E-state index in [2.05, 4.69) is 21.9 Å². The number of hydrogen-bond acceptors (Lipinski definition) is 4. The maximum absolute atomic E-state index is 5.77. The third-order valence-electron chi connectivity index (χ3n) is 3.49. The highest BCUT2D eigenvalue weighted by molar-refractivity contribution is 6.18. The van der Waals surface area contributed by atoms with Gasteiger partial charge in [-0.2, -0.15) is 0 Å². The van der Waals surface area contributed by atoms with Crippen molar-refractivity contribution in [2.45, 2.75) is 0 Å². The molecule has 5 heteroatoms. The molecule has 2 aliphatic heterocycles. The Bertz CT molecular complexity index is 419. The van der Waals surface area contributed by atoms with Crippen LogP contribution in [-0.4, -0.2) is 50.3 Å². The predicted molar refractivity (Wildman–Crippen MR) is 71.9 cm³/mol. The Kier molecular flexibility index (Phi) is 3.48. The molecule has 1 saturated heterocycles. The summed E-state index contributed by atoms with van der Waals surface area (Å²) in [6.07, 6.45) is 0. The summed E-state index contributed by atoms with van der Waals surface area (Å²) < 4.78 is 10.7. The number of rotatable bonds is 3. The zero-order valence-electron chi connectivity index (χ0n) is 10.3. The number of ether oxygens (including phenoxy) is 2. The van der Waals surface area contributed by atoms with Gasteiger partial charge in [-0.1, -0.05) is 0 Å². The average Bonchev–Trinajstić information content (AvgIpc) is 2.87. The van der Waals surface area contributed by atoms with Crippen LogP contribution in [0.15, 0.2) is 18.2 Å². The van der Waals surface area contributed by atoms with Gasteiger partial charge in [0.1, 0.15) is 0 Å². The smallest absolute Gasteiger partial charge is 0.231 e. The molecule has 0 amide bonds. The van der Waals surface area contributed by atoms with Crippen molar-refractivity contribution >= 4 is 17.3 Å². The molecule has 0 bridgehead atoms. The maximum Gasteiger partial charge on any atom is 0.231 e.